The molecule has 3 N–H and O–H groups in total. The summed E-state index contributed by atoms with van der Waals surface area (Å²) in [5, 5.41) is 9.82. The zero-order valence-corrected chi connectivity index (χ0v) is 18.4. The summed E-state index contributed by atoms with van der Waals surface area (Å²) in [7, 11) is 2.96. The van der Waals surface area contributed by atoms with Gasteiger partial charge in [0.2, 0.25) is 5.91 Å². The van der Waals surface area contributed by atoms with Gasteiger partial charge < -0.3 is 20.7 Å². The van der Waals surface area contributed by atoms with Gasteiger partial charge in [0, 0.05) is 37.9 Å². The van der Waals surface area contributed by atoms with E-state index in [9.17, 15) is 14.4 Å². The van der Waals surface area contributed by atoms with Crippen molar-refractivity contribution in [2.24, 2.45) is 14.1 Å². The molecule has 0 bridgehead atoms. The van der Waals surface area contributed by atoms with E-state index >= 15 is 0 Å². The summed E-state index contributed by atoms with van der Waals surface area (Å²) >= 11 is 5.87. The number of hydrogen-bond donors (Lipinski definition) is 3. The third-order valence-corrected chi connectivity index (χ3v) is 5.51. The molecule has 1 amide bonds. The smallest absolute Gasteiger partial charge is 0.332 e. The largest absolute Gasteiger partial charge is 0.375 e. The molecule has 0 spiro atoms. The molecule has 168 valence electrons. The van der Waals surface area contributed by atoms with Gasteiger partial charge >= 0.3 is 5.69 Å². The first-order valence-electron chi connectivity index (χ1n) is 10.1. The normalized spacial score (nSPS) is 16.2. The third kappa shape index (κ3) is 4.38. The summed E-state index contributed by atoms with van der Waals surface area (Å²) in [6.45, 7) is 1.70. The highest BCUT2D eigenvalue weighted by Crippen LogP contribution is 2.25. The lowest BCUT2D eigenvalue weighted by Gasteiger charge is -2.24. The Bertz CT molecular complexity index is 1280. The lowest BCUT2D eigenvalue weighted by atomic mass is 10.1. The highest BCUT2D eigenvalue weighted by atomic mass is 35.5. The van der Waals surface area contributed by atoms with Gasteiger partial charge in [-0.1, -0.05) is 11.6 Å². The third-order valence-electron chi connectivity index (χ3n) is 5.26. The van der Waals surface area contributed by atoms with Crippen LogP contribution in [0.4, 0.5) is 11.4 Å². The predicted octanol–water partition coefficient (Wildman–Crippen LogP) is 0.997. The molecule has 11 heteroatoms. The van der Waals surface area contributed by atoms with E-state index in [-0.39, 0.29) is 29.6 Å². The number of aromatic nitrogens is 3. The van der Waals surface area contributed by atoms with Crippen LogP contribution >= 0.6 is 11.6 Å². The lowest BCUT2D eigenvalue weighted by molar-refractivity contribution is -0.114. The first-order chi connectivity index (χ1) is 15.3. The molecule has 1 unspecified atom stereocenters. The SMILES string of the molecule is Cn1c(=O)c2c(NCC(=O)Nc3ccc(Cl)cc3)cc(C3CNCCO3)nc2n(C)c1=O. The summed E-state index contributed by atoms with van der Waals surface area (Å²) in [6.07, 6.45) is -0.337. The van der Waals surface area contributed by atoms with Crippen molar-refractivity contribution in [2.75, 3.05) is 36.9 Å². The highest BCUT2D eigenvalue weighted by Gasteiger charge is 2.22. The number of morpholine rings is 1. The molecule has 2 aromatic heterocycles. The van der Waals surface area contributed by atoms with Crippen LogP contribution in [0.3, 0.4) is 0 Å². The van der Waals surface area contributed by atoms with Gasteiger partial charge in [-0.05, 0) is 30.3 Å². The number of rotatable bonds is 5. The van der Waals surface area contributed by atoms with Crippen LogP contribution in [-0.4, -0.2) is 46.3 Å². The number of carbonyl (C=O) groups excluding carboxylic acids is 1. The molecule has 0 saturated carbocycles. The number of ether oxygens (including phenoxy) is 1. The van der Waals surface area contributed by atoms with Crippen LogP contribution < -0.4 is 27.2 Å². The van der Waals surface area contributed by atoms with E-state index in [0.717, 1.165) is 11.1 Å². The molecule has 1 aliphatic rings. The molecule has 1 fully saturated rings. The maximum atomic E-state index is 12.9. The van der Waals surface area contributed by atoms with Crippen LogP contribution in [-0.2, 0) is 23.6 Å². The summed E-state index contributed by atoms with van der Waals surface area (Å²) in [6, 6.07) is 8.44. The van der Waals surface area contributed by atoms with Gasteiger partial charge in [0.1, 0.15) is 11.5 Å². The maximum absolute atomic E-state index is 12.9. The summed E-state index contributed by atoms with van der Waals surface area (Å²) in [5.41, 5.74) is 0.814. The number of aryl methyl sites for hydroxylation is 1. The van der Waals surface area contributed by atoms with Crippen LogP contribution in [0.2, 0.25) is 5.02 Å². The standard InChI is InChI=1S/C21H23ClN6O4/c1-27-19-18(20(30)28(2)21(27)31)15(9-14(26-19)16-10-23-7-8-32-16)24-11-17(29)25-13-5-3-12(22)4-6-13/h3-6,9,16,23H,7-8,10-11H2,1-2H3,(H,24,26)(H,25,29). The lowest BCUT2D eigenvalue weighted by Crippen LogP contribution is -2.38. The fraction of sp³-hybridized carbons (Fsp3) is 0.333. The van der Waals surface area contributed by atoms with Gasteiger partial charge in [-0.25, -0.2) is 9.78 Å². The maximum Gasteiger partial charge on any atom is 0.332 e. The van der Waals surface area contributed by atoms with E-state index in [1.165, 1.54) is 11.6 Å². The Morgan fingerprint density at radius 2 is 2.00 bits per heavy atom. The van der Waals surface area contributed by atoms with Crippen LogP contribution in [0.5, 0.6) is 0 Å². The molecular formula is C21H23ClN6O4. The molecule has 0 radical (unpaired) electrons. The number of fused-ring (bicyclic) bond motifs is 1. The van der Waals surface area contributed by atoms with Crippen LogP contribution in [0, 0.1) is 0 Å². The number of nitrogens with zero attached hydrogens (tertiary/aromatic N) is 3. The van der Waals surface area contributed by atoms with Gasteiger partial charge in [0.15, 0.2) is 5.65 Å². The van der Waals surface area contributed by atoms with E-state index in [4.69, 9.17) is 16.3 Å². The minimum atomic E-state index is -0.495. The number of anilines is 2. The topological polar surface area (TPSA) is 119 Å². The van der Waals surface area contributed by atoms with Gasteiger partial charge in [-0.15, -0.1) is 0 Å². The summed E-state index contributed by atoms with van der Waals surface area (Å²) in [4.78, 5) is 42.4. The second-order valence-corrected chi connectivity index (χ2v) is 7.91. The number of halogens is 1. The number of amides is 1. The number of nitrogens with one attached hydrogen (secondary N) is 3. The number of benzene rings is 1. The Labute approximate surface area is 188 Å². The van der Waals surface area contributed by atoms with Crippen LogP contribution in [0.15, 0.2) is 39.9 Å². The Morgan fingerprint density at radius 3 is 2.69 bits per heavy atom. The second kappa shape index (κ2) is 9.11. The second-order valence-electron chi connectivity index (χ2n) is 7.47. The van der Waals surface area contributed by atoms with Crippen molar-refractivity contribution in [3.63, 3.8) is 0 Å². The molecular weight excluding hydrogens is 436 g/mol. The molecule has 32 heavy (non-hydrogen) atoms. The van der Waals surface area contributed by atoms with Crippen molar-refractivity contribution in [2.45, 2.75) is 6.10 Å². The van der Waals surface area contributed by atoms with E-state index in [1.807, 2.05) is 0 Å². The van der Waals surface area contributed by atoms with Gasteiger partial charge in [0.05, 0.1) is 24.5 Å². The molecule has 1 saturated heterocycles. The average molecular weight is 459 g/mol. The van der Waals surface area contributed by atoms with Crippen LogP contribution in [0.1, 0.15) is 11.8 Å². The molecule has 1 aliphatic heterocycles. The summed E-state index contributed by atoms with van der Waals surface area (Å²) < 4.78 is 8.12. The Kier molecular flexibility index (Phi) is 6.26. The van der Waals surface area contributed by atoms with Gasteiger partial charge in [-0.3, -0.25) is 18.7 Å². The minimum absolute atomic E-state index is 0.100. The van der Waals surface area contributed by atoms with E-state index in [1.54, 1.807) is 37.4 Å². The molecule has 3 heterocycles. The van der Waals surface area contributed by atoms with Crippen molar-refractivity contribution in [1.29, 1.82) is 0 Å². The zero-order chi connectivity index (χ0) is 22.8. The fourth-order valence-corrected chi connectivity index (χ4v) is 3.67. The predicted molar refractivity (Wildman–Crippen MR) is 122 cm³/mol. The van der Waals surface area contributed by atoms with E-state index in [0.29, 0.717) is 35.2 Å². The first-order valence-corrected chi connectivity index (χ1v) is 10.4. The number of carbonyl (C=O) groups is 1. The van der Waals surface area contributed by atoms with Gasteiger partial charge in [0.25, 0.3) is 5.56 Å². The molecule has 3 aromatic rings. The number of hydrogen-bond acceptors (Lipinski definition) is 7. The monoisotopic (exact) mass is 458 g/mol. The number of pyridine rings is 1. The van der Waals surface area contributed by atoms with Crippen molar-refractivity contribution < 1.29 is 9.53 Å². The molecule has 0 aliphatic carbocycles. The Morgan fingerprint density at radius 1 is 1.25 bits per heavy atom. The first kappa shape index (κ1) is 22.0. The van der Waals surface area contributed by atoms with E-state index in [2.05, 4.69) is 20.9 Å². The molecule has 4 rings (SSSR count). The van der Waals surface area contributed by atoms with Crippen molar-refractivity contribution in [1.82, 2.24) is 19.4 Å². The Hall–Kier alpha value is -3.21. The quantitative estimate of drug-likeness (QED) is 0.521. The van der Waals surface area contributed by atoms with Gasteiger partial charge in [-0.2, -0.15) is 0 Å². The molecule has 1 atom stereocenters. The van der Waals surface area contributed by atoms with Crippen LogP contribution in [0.25, 0.3) is 11.0 Å². The zero-order valence-electron chi connectivity index (χ0n) is 17.6. The van der Waals surface area contributed by atoms with Crippen molar-refractivity contribution >= 4 is 39.9 Å². The molecule has 10 nitrogen and oxygen atoms in total. The highest BCUT2D eigenvalue weighted by molar-refractivity contribution is 6.30. The Balaban J connectivity index is 1.69. The summed E-state index contributed by atoms with van der Waals surface area (Å²) in [5.74, 6) is -0.309. The minimum Gasteiger partial charge on any atom is -0.375 e. The average Bonchev–Trinajstić information content (AvgIpc) is 2.81. The molecule has 1 aromatic carbocycles. The van der Waals surface area contributed by atoms with Crippen molar-refractivity contribution in [3.8, 4) is 0 Å². The van der Waals surface area contributed by atoms with E-state index < -0.39 is 11.2 Å². The van der Waals surface area contributed by atoms with Crippen molar-refractivity contribution in [3.05, 3.63) is 61.9 Å². The fourth-order valence-electron chi connectivity index (χ4n) is 3.55.